The summed E-state index contributed by atoms with van der Waals surface area (Å²) in [5.41, 5.74) is 6.42. The van der Waals surface area contributed by atoms with Gasteiger partial charge in [0.25, 0.3) is 0 Å². The Kier molecular flexibility index (Phi) is 4.99. The number of benzene rings is 2. The van der Waals surface area contributed by atoms with Gasteiger partial charge in [0.2, 0.25) is 0 Å². The molecule has 0 amide bonds. The third-order valence-electron chi connectivity index (χ3n) is 5.22. The Hall–Kier alpha value is -3.68. The monoisotopic (exact) mass is 404 g/mol. The second-order valence-corrected chi connectivity index (χ2v) is 7.47. The number of hydrogen-bond acceptors (Lipinski definition) is 5. The predicted octanol–water partition coefficient (Wildman–Crippen LogP) is 2.87. The summed E-state index contributed by atoms with van der Waals surface area (Å²) >= 11 is 0. The van der Waals surface area contributed by atoms with Crippen molar-refractivity contribution < 1.29 is 4.74 Å². The average Bonchev–Trinajstić information content (AvgIpc) is 3.28. The first kappa shape index (κ1) is 19.6. The van der Waals surface area contributed by atoms with Crippen LogP contribution in [0.3, 0.4) is 0 Å². The van der Waals surface area contributed by atoms with Crippen molar-refractivity contribution in [3.8, 4) is 22.7 Å². The molecule has 0 aliphatic heterocycles. The van der Waals surface area contributed by atoms with Crippen LogP contribution in [0.2, 0.25) is 0 Å². The molecule has 0 aliphatic rings. The quantitative estimate of drug-likeness (QED) is 0.511. The van der Waals surface area contributed by atoms with Crippen LogP contribution in [0.5, 0.6) is 5.75 Å². The van der Waals surface area contributed by atoms with Gasteiger partial charge in [-0.1, -0.05) is 12.1 Å². The molecule has 8 nitrogen and oxygen atoms in total. The molecule has 0 unspecified atom stereocenters. The molecule has 0 N–H and O–H groups in total. The summed E-state index contributed by atoms with van der Waals surface area (Å²) in [6.07, 6.45) is 1.93. The van der Waals surface area contributed by atoms with Gasteiger partial charge < -0.3 is 4.74 Å². The van der Waals surface area contributed by atoms with Crippen LogP contribution >= 0.6 is 0 Å². The molecule has 0 saturated heterocycles. The third-order valence-corrected chi connectivity index (χ3v) is 5.22. The van der Waals surface area contributed by atoms with Crippen molar-refractivity contribution in [1.29, 1.82) is 0 Å². The van der Waals surface area contributed by atoms with E-state index in [-0.39, 0.29) is 5.69 Å². The zero-order valence-electron chi connectivity index (χ0n) is 17.7. The first-order valence-electron chi connectivity index (χ1n) is 9.67. The molecule has 0 atom stereocenters. The van der Waals surface area contributed by atoms with Gasteiger partial charge in [-0.15, -0.1) is 0 Å². The zero-order valence-corrected chi connectivity index (χ0v) is 17.7. The maximum atomic E-state index is 12.3. The molecule has 30 heavy (non-hydrogen) atoms. The Balaban J connectivity index is 1.65. The molecule has 0 saturated carbocycles. The average molecular weight is 404 g/mol. The fourth-order valence-electron chi connectivity index (χ4n) is 3.47. The lowest BCUT2D eigenvalue weighted by molar-refractivity contribution is 0.302. The molecule has 8 heteroatoms. The molecular weight excluding hydrogens is 380 g/mol. The van der Waals surface area contributed by atoms with Gasteiger partial charge in [0.15, 0.2) is 0 Å². The maximum absolute atomic E-state index is 12.3. The number of nitrogens with zero attached hydrogens (tertiary/aromatic N) is 6. The minimum atomic E-state index is -0.298. The number of hydrogen-bond donors (Lipinski definition) is 0. The van der Waals surface area contributed by atoms with E-state index in [1.807, 2.05) is 57.4 Å². The van der Waals surface area contributed by atoms with Crippen LogP contribution in [0.25, 0.3) is 16.9 Å². The van der Waals surface area contributed by atoms with E-state index in [2.05, 4.69) is 28.5 Å². The number of ether oxygens (including phenoxy) is 1. The van der Waals surface area contributed by atoms with Gasteiger partial charge in [-0.2, -0.15) is 14.5 Å². The minimum absolute atomic E-state index is 0.298. The number of rotatable bonds is 5. The van der Waals surface area contributed by atoms with Gasteiger partial charge in [0.1, 0.15) is 12.4 Å². The van der Waals surface area contributed by atoms with E-state index in [0.717, 1.165) is 39.3 Å². The fraction of sp³-hybridized carbons (Fsp3) is 0.273. The van der Waals surface area contributed by atoms with Crippen LogP contribution in [0, 0.1) is 20.8 Å². The van der Waals surface area contributed by atoms with E-state index in [9.17, 15) is 4.79 Å². The molecule has 4 aromatic rings. The molecule has 0 fully saturated rings. The molecule has 154 valence electrons. The number of aryl methyl sites for hydroxylation is 5. The van der Waals surface area contributed by atoms with Gasteiger partial charge in [-0.05, 0) is 72.2 Å². The lowest BCUT2D eigenvalue weighted by atomic mass is 10.0. The Morgan fingerprint density at radius 1 is 0.967 bits per heavy atom. The molecule has 0 spiro atoms. The predicted molar refractivity (Wildman–Crippen MR) is 114 cm³/mol. The first-order valence-corrected chi connectivity index (χ1v) is 9.67. The van der Waals surface area contributed by atoms with Crippen molar-refractivity contribution in [3.63, 3.8) is 0 Å². The SMILES string of the molecule is Cc1cc(-c2ccn(C)n2)c(C)cc1OCc1c(C)cccc1-n1nnn(C)c1=O. The molecule has 2 aromatic carbocycles. The maximum Gasteiger partial charge on any atom is 0.368 e. The summed E-state index contributed by atoms with van der Waals surface area (Å²) < 4.78 is 10.5. The van der Waals surface area contributed by atoms with Crippen LogP contribution in [0.1, 0.15) is 22.3 Å². The van der Waals surface area contributed by atoms with E-state index in [0.29, 0.717) is 12.3 Å². The Bertz CT molecular complexity index is 1280. The van der Waals surface area contributed by atoms with Crippen LogP contribution in [-0.4, -0.2) is 29.6 Å². The van der Waals surface area contributed by atoms with Crippen molar-refractivity contribution in [2.45, 2.75) is 27.4 Å². The standard InChI is InChI=1S/C22H24N6O2/c1-14-7-6-8-20(28-22(29)27(5)24-25-28)18(14)13-30-21-12-15(2)17(11-16(21)3)19-9-10-26(4)23-19/h6-12H,13H2,1-5H3. The highest BCUT2D eigenvalue weighted by Gasteiger charge is 2.15. The van der Waals surface area contributed by atoms with Gasteiger partial charge in [0, 0.05) is 31.4 Å². The largest absolute Gasteiger partial charge is 0.489 e. The lowest BCUT2D eigenvalue weighted by Crippen LogP contribution is -2.23. The molecule has 2 heterocycles. The molecule has 0 aliphatic carbocycles. The van der Waals surface area contributed by atoms with E-state index in [4.69, 9.17) is 4.74 Å². The van der Waals surface area contributed by atoms with E-state index >= 15 is 0 Å². The summed E-state index contributed by atoms with van der Waals surface area (Å²) in [4.78, 5) is 12.3. The molecule has 2 aromatic heterocycles. The first-order chi connectivity index (χ1) is 14.3. The van der Waals surface area contributed by atoms with E-state index in [1.54, 1.807) is 11.7 Å². The number of tetrazole rings is 1. The van der Waals surface area contributed by atoms with Crippen molar-refractivity contribution in [3.05, 3.63) is 75.3 Å². The Labute approximate surface area is 174 Å². The third kappa shape index (κ3) is 3.52. The highest BCUT2D eigenvalue weighted by molar-refractivity contribution is 5.66. The summed E-state index contributed by atoms with van der Waals surface area (Å²) in [6.45, 7) is 6.38. The summed E-state index contributed by atoms with van der Waals surface area (Å²) in [5.74, 6) is 0.799. The van der Waals surface area contributed by atoms with Crippen LogP contribution in [-0.2, 0) is 20.7 Å². The molecular formula is C22H24N6O2. The van der Waals surface area contributed by atoms with Crippen LogP contribution in [0.4, 0.5) is 0 Å². The summed E-state index contributed by atoms with van der Waals surface area (Å²) in [6, 6.07) is 11.9. The van der Waals surface area contributed by atoms with Crippen LogP contribution < -0.4 is 10.4 Å². The van der Waals surface area contributed by atoms with Crippen molar-refractivity contribution in [2.75, 3.05) is 0 Å². The fourth-order valence-corrected chi connectivity index (χ4v) is 3.47. The molecule has 4 rings (SSSR count). The van der Waals surface area contributed by atoms with Crippen molar-refractivity contribution in [2.24, 2.45) is 14.1 Å². The van der Waals surface area contributed by atoms with Gasteiger partial charge in [-0.3, -0.25) is 4.68 Å². The summed E-state index contributed by atoms with van der Waals surface area (Å²) in [5, 5.41) is 12.3. The Morgan fingerprint density at radius 3 is 2.43 bits per heavy atom. The van der Waals surface area contributed by atoms with Crippen molar-refractivity contribution in [1.82, 2.24) is 29.6 Å². The second-order valence-electron chi connectivity index (χ2n) is 7.47. The van der Waals surface area contributed by atoms with Gasteiger partial charge in [-0.25, -0.2) is 4.79 Å². The minimum Gasteiger partial charge on any atom is -0.489 e. The smallest absolute Gasteiger partial charge is 0.368 e. The van der Waals surface area contributed by atoms with E-state index in [1.165, 1.54) is 9.36 Å². The van der Waals surface area contributed by atoms with E-state index < -0.39 is 0 Å². The van der Waals surface area contributed by atoms with Crippen molar-refractivity contribution >= 4 is 0 Å². The topological polar surface area (TPSA) is 79.8 Å². The van der Waals surface area contributed by atoms with Gasteiger partial charge in [0.05, 0.1) is 11.4 Å². The summed E-state index contributed by atoms with van der Waals surface area (Å²) in [7, 11) is 3.48. The Morgan fingerprint density at radius 2 is 1.77 bits per heavy atom. The molecule has 0 bridgehead atoms. The highest BCUT2D eigenvalue weighted by Crippen LogP contribution is 2.30. The highest BCUT2D eigenvalue weighted by atomic mass is 16.5. The van der Waals surface area contributed by atoms with Gasteiger partial charge >= 0.3 is 5.69 Å². The number of aromatic nitrogens is 6. The molecule has 0 radical (unpaired) electrons. The second kappa shape index (κ2) is 7.62. The normalized spacial score (nSPS) is 11.1. The van der Waals surface area contributed by atoms with Crippen LogP contribution in [0.15, 0.2) is 47.4 Å². The zero-order chi connectivity index (χ0) is 21.4. The lowest BCUT2D eigenvalue weighted by Gasteiger charge is -2.16.